The smallest absolute Gasteiger partial charge is 0.255 e. The zero-order chi connectivity index (χ0) is 14.9. The molecule has 0 aliphatic heterocycles. The molecule has 0 aliphatic rings. The number of hydrogen-bond acceptors (Lipinski definition) is 3. The Kier molecular flexibility index (Phi) is 3.66. The van der Waals surface area contributed by atoms with Crippen LogP contribution in [-0.4, -0.2) is 11.0 Å². The SMILES string of the molecule is Cc1ccc(C(=O)Nc2cc(C)c(O)cc2C)cc1N. The summed E-state index contributed by atoms with van der Waals surface area (Å²) in [7, 11) is 0. The molecule has 0 bridgehead atoms. The Labute approximate surface area is 118 Å². The number of nitrogen functional groups attached to an aromatic ring is 1. The highest BCUT2D eigenvalue weighted by Crippen LogP contribution is 2.25. The summed E-state index contributed by atoms with van der Waals surface area (Å²) >= 11 is 0. The van der Waals surface area contributed by atoms with Crippen LogP contribution in [0.5, 0.6) is 5.75 Å². The van der Waals surface area contributed by atoms with Gasteiger partial charge in [-0.15, -0.1) is 0 Å². The standard InChI is InChI=1S/C16H18N2O2/c1-9-4-5-12(8-13(9)17)16(20)18-14-6-11(3)15(19)7-10(14)2/h4-8,19H,17H2,1-3H3,(H,18,20). The van der Waals surface area contributed by atoms with Gasteiger partial charge in [0.1, 0.15) is 5.75 Å². The van der Waals surface area contributed by atoms with E-state index in [1.165, 1.54) is 0 Å². The van der Waals surface area contributed by atoms with Gasteiger partial charge in [-0.05, 0) is 61.7 Å². The molecule has 0 saturated carbocycles. The fraction of sp³-hybridized carbons (Fsp3) is 0.188. The van der Waals surface area contributed by atoms with Gasteiger partial charge >= 0.3 is 0 Å². The topological polar surface area (TPSA) is 75.3 Å². The second-order valence-corrected chi connectivity index (χ2v) is 4.98. The molecule has 2 aromatic rings. The van der Waals surface area contributed by atoms with E-state index in [2.05, 4.69) is 5.32 Å². The number of aromatic hydroxyl groups is 1. The molecule has 4 heteroatoms. The van der Waals surface area contributed by atoms with E-state index in [4.69, 9.17) is 5.73 Å². The van der Waals surface area contributed by atoms with Gasteiger partial charge in [0.2, 0.25) is 0 Å². The Morgan fingerprint density at radius 2 is 1.75 bits per heavy atom. The predicted octanol–water partition coefficient (Wildman–Crippen LogP) is 3.15. The second kappa shape index (κ2) is 5.25. The zero-order valence-corrected chi connectivity index (χ0v) is 11.8. The van der Waals surface area contributed by atoms with E-state index in [1.54, 1.807) is 31.2 Å². The highest BCUT2D eigenvalue weighted by atomic mass is 16.3. The number of carbonyl (C=O) groups is 1. The van der Waals surface area contributed by atoms with Crippen molar-refractivity contribution in [1.82, 2.24) is 0 Å². The van der Waals surface area contributed by atoms with Crippen LogP contribution in [0.15, 0.2) is 30.3 Å². The molecule has 0 radical (unpaired) electrons. The number of rotatable bonds is 2. The van der Waals surface area contributed by atoms with Gasteiger partial charge in [0.15, 0.2) is 0 Å². The Morgan fingerprint density at radius 3 is 2.40 bits per heavy atom. The van der Waals surface area contributed by atoms with Crippen LogP contribution in [0, 0.1) is 20.8 Å². The molecule has 2 rings (SSSR count). The maximum Gasteiger partial charge on any atom is 0.255 e. The van der Waals surface area contributed by atoms with Gasteiger partial charge in [0.25, 0.3) is 5.91 Å². The zero-order valence-electron chi connectivity index (χ0n) is 11.8. The van der Waals surface area contributed by atoms with Crippen LogP contribution in [0.2, 0.25) is 0 Å². The van der Waals surface area contributed by atoms with E-state index < -0.39 is 0 Å². The van der Waals surface area contributed by atoms with Gasteiger partial charge in [-0.3, -0.25) is 4.79 Å². The van der Waals surface area contributed by atoms with Gasteiger partial charge in [-0.1, -0.05) is 6.07 Å². The van der Waals surface area contributed by atoms with Crippen molar-refractivity contribution in [3.8, 4) is 5.75 Å². The van der Waals surface area contributed by atoms with Crippen LogP contribution in [-0.2, 0) is 0 Å². The van der Waals surface area contributed by atoms with Crippen molar-refractivity contribution in [2.24, 2.45) is 0 Å². The Balaban J connectivity index is 2.27. The molecule has 4 nitrogen and oxygen atoms in total. The minimum atomic E-state index is -0.218. The highest BCUT2D eigenvalue weighted by molar-refractivity contribution is 6.05. The lowest BCUT2D eigenvalue weighted by Gasteiger charge is -2.11. The average Bonchev–Trinajstić information content (AvgIpc) is 2.39. The first-order valence-corrected chi connectivity index (χ1v) is 6.36. The molecule has 0 fully saturated rings. The van der Waals surface area contributed by atoms with Crippen LogP contribution in [0.3, 0.4) is 0 Å². The molecule has 0 aromatic heterocycles. The third-order valence-corrected chi connectivity index (χ3v) is 3.33. The van der Waals surface area contributed by atoms with Crippen molar-refractivity contribution in [1.29, 1.82) is 0 Å². The summed E-state index contributed by atoms with van der Waals surface area (Å²) in [6.45, 7) is 5.51. The van der Waals surface area contributed by atoms with Gasteiger partial charge < -0.3 is 16.2 Å². The van der Waals surface area contributed by atoms with Crippen LogP contribution in [0.1, 0.15) is 27.0 Å². The van der Waals surface area contributed by atoms with Crippen molar-refractivity contribution >= 4 is 17.3 Å². The largest absolute Gasteiger partial charge is 0.508 e. The Bertz CT molecular complexity index is 678. The van der Waals surface area contributed by atoms with Crippen LogP contribution in [0.4, 0.5) is 11.4 Å². The van der Waals surface area contributed by atoms with Crippen molar-refractivity contribution in [2.45, 2.75) is 20.8 Å². The summed E-state index contributed by atoms with van der Waals surface area (Å²) in [6.07, 6.45) is 0. The second-order valence-electron chi connectivity index (χ2n) is 4.98. The van der Waals surface area contributed by atoms with E-state index in [1.807, 2.05) is 19.9 Å². The van der Waals surface area contributed by atoms with E-state index in [9.17, 15) is 9.90 Å². The third kappa shape index (κ3) is 2.74. The lowest BCUT2D eigenvalue weighted by molar-refractivity contribution is 0.102. The Hall–Kier alpha value is -2.49. The number of benzene rings is 2. The van der Waals surface area contributed by atoms with E-state index in [0.717, 1.165) is 11.1 Å². The minimum Gasteiger partial charge on any atom is -0.508 e. The van der Waals surface area contributed by atoms with Gasteiger partial charge in [-0.2, -0.15) is 0 Å². The van der Waals surface area contributed by atoms with Gasteiger partial charge in [0, 0.05) is 16.9 Å². The molecule has 0 aliphatic carbocycles. The molecule has 2 aromatic carbocycles. The molecule has 1 amide bonds. The summed E-state index contributed by atoms with van der Waals surface area (Å²) in [5, 5.41) is 12.4. The van der Waals surface area contributed by atoms with Crippen LogP contribution in [0.25, 0.3) is 0 Å². The summed E-state index contributed by atoms with van der Waals surface area (Å²) < 4.78 is 0. The molecule has 0 atom stereocenters. The fourth-order valence-electron chi connectivity index (χ4n) is 1.91. The number of aryl methyl sites for hydroxylation is 3. The fourth-order valence-corrected chi connectivity index (χ4v) is 1.91. The molecular formula is C16H18N2O2. The molecule has 0 spiro atoms. The van der Waals surface area contributed by atoms with Crippen molar-refractivity contribution in [3.05, 3.63) is 52.6 Å². The van der Waals surface area contributed by atoms with Crippen LogP contribution < -0.4 is 11.1 Å². The van der Waals surface area contributed by atoms with Crippen molar-refractivity contribution in [2.75, 3.05) is 11.1 Å². The molecule has 0 unspecified atom stereocenters. The molecular weight excluding hydrogens is 252 g/mol. The molecule has 0 heterocycles. The third-order valence-electron chi connectivity index (χ3n) is 3.33. The number of nitrogens with two attached hydrogens (primary N) is 1. The van der Waals surface area contributed by atoms with Crippen LogP contribution >= 0.6 is 0 Å². The van der Waals surface area contributed by atoms with Crippen molar-refractivity contribution in [3.63, 3.8) is 0 Å². The minimum absolute atomic E-state index is 0.218. The lowest BCUT2D eigenvalue weighted by Crippen LogP contribution is -2.13. The highest BCUT2D eigenvalue weighted by Gasteiger charge is 2.10. The number of phenolic OH excluding ortho intramolecular Hbond substituents is 1. The summed E-state index contributed by atoms with van der Waals surface area (Å²) in [4.78, 5) is 12.2. The molecule has 0 saturated heterocycles. The monoisotopic (exact) mass is 270 g/mol. The van der Waals surface area contributed by atoms with Gasteiger partial charge in [0.05, 0.1) is 0 Å². The number of hydrogen-bond donors (Lipinski definition) is 3. The summed E-state index contributed by atoms with van der Waals surface area (Å²) in [5.41, 5.74) is 10.1. The first-order chi connectivity index (χ1) is 9.38. The number of carbonyl (C=O) groups excluding carboxylic acids is 1. The first kappa shape index (κ1) is 13.9. The maximum absolute atomic E-state index is 12.2. The summed E-state index contributed by atoms with van der Waals surface area (Å²) in [6, 6.07) is 8.60. The van der Waals surface area contributed by atoms with E-state index in [0.29, 0.717) is 22.5 Å². The lowest BCUT2D eigenvalue weighted by atomic mass is 10.1. The molecule has 104 valence electrons. The Morgan fingerprint density at radius 1 is 1.05 bits per heavy atom. The van der Waals surface area contributed by atoms with Gasteiger partial charge in [-0.25, -0.2) is 0 Å². The number of phenols is 1. The average molecular weight is 270 g/mol. The predicted molar refractivity (Wildman–Crippen MR) is 81.1 cm³/mol. The molecule has 4 N–H and O–H groups in total. The number of amides is 1. The van der Waals surface area contributed by atoms with E-state index >= 15 is 0 Å². The maximum atomic E-state index is 12.2. The normalized spacial score (nSPS) is 10.3. The van der Waals surface area contributed by atoms with Crippen molar-refractivity contribution < 1.29 is 9.90 Å². The number of nitrogens with one attached hydrogen (secondary N) is 1. The summed E-state index contributed by atoms with van der Waals surface area (Å²) in [5.74, 6) is 0.00460. The quantitative estimate of drug-likeness (QED) is 0.579. The van der Waals surface area contributed by atoms with E-state index in [-0.39, 0.29) is 11.7 Å². The number of anilines is 2. The molecule has 20 heavy (non-hydrogen) atoms. The first-order valence-electron chi connectivity index (χ1n) is 6.36.